The lowest BCUT2D eigenvalue weighted by Crippen LogP contribution is -2.07. The zero-order valence-electron chi connectivity index (χ0n) is 10.1. The largest absolute Gasteiger partial charge is 0.469 e. The third-order valence-corrected chi connectivity index (χ3v) is 2.69. The number of nitro benzene ring substituents is 1. The Balaban J connectivity index is 2.05. The monoisotopic (exact) mass is 246 g/mol. The van der Waals surface area contributed by atoms with Crippen LogP contribution in [0.15, 0.2) is 41.0 Å². The fourth-order valence-electron chi connectivity index (χ4n) is 1.82. The Hall–Kier alpha value is -2.30. The Morgan fingerprint density at radius 1 is 1.33 bits per heavy atom. The Morgan fingerprint density at radius 3 is 2.83 bits per heavy atom. The van der Waals surface area contributed by atoms with E-state index in [9.17, 15) is 10.1 Å². The van der Waals surface area contributed by atoms with Crippen molar-refractivity contribution in [1.29, 1.82) is 0 Å². The highest BCUT2D eigenvalue weighted by atomic mass is 16.6. The molecule has 0 aliphatic rings. The maximum Gasteiger partial charge on any atom is 0.295 e. The van der Waals surface area contributed by atoms with Gasteiger partial charge in [-0.25, -0.2) is 0 Å². The van der Waals surface area contributed by atoms with Gasteiger partial charge in [0.1, 0.15) is 11.4 Å². The summed E-state index contributed by atoms with van der Waals surface area (Å²) in [5.74, 6) is 0.859. The maximum atomic E-state index is 11.0. The molecule has 94 valence electrons. The fourth-order valence-corrected chi connectivity index (χ4v) is 1.82. The molecule has 1 aromatic heterocycles. The van der Waals surface area contributed by atoms with Crippen LogP contribution in [0.5, 0.6) is 0 Å². The molecule has 1 aromatic carbocycles. The van der Waals surface area contributed by atoms with Crippen LogP contribution in [0.2, 0.25) is 0 Å². The van der Waals surface area contributed by atoms with Crippen LogP contribution in [0.4, 0.5) is 11.4 Å². The summed E-state index contributed by atoms with van der Waals surface area (Å²) in [5.41, 5.74) is 1.34. The van der Waals surface area contributed by atoms with Crippen LogP contribution >= 0.6 is 0 Å². The predicted molar refractivity (Wildman–Crippen MR) is 68.7 cm³/mol. The Labute approximate surface area is 105 Å². The Morgan fingerprint density at radius 2 is 2.17 bits per heavy atom. The molecule has 0 spiro atoms. The van der Waals surface area contributed by atoms with E-state index in [1.807, 2.05) is 12.1 Å². The minimum absolute atomic E-state index is 0.136. The van der Waals surface area contributed by atoms with Crippen molar-refractivity contribution < 1.29 is 9.34 Å². The van der Waals surface area contributed by atoms with Crippen molar-refractivity contribution in [2.45, 2.75) is 13.3 Å². The topological polar surface area (TPSA) is 68.3 Å². The number of hydrogen-bond donors (Lipinski definition) is 1. The first-order chi connectivity index (χ1) is 8.68. The summed E-state index contributed by atoms with van der Waals surface area (Å²) < 4.78 is 5.20. The van der Waals surface area contributed by atoms with Gasteiger partial charge in [-0.15, -0.1) is 0 Å². The molecule has 0 fully saturated rings. The Kier molecular flexibility index (Phi) is 3.62. The predicted octanol–water partition coefficient (Wildman–Crippen LogP) is 3.15. The summed E-state index contributed by atoms with van der Waals surface area (Å²) in [5, 5.41) is 14.1. The first kappa shape index (κ1) is 12.2. The van der Waals surface area contributed by atoms with E-state index in [4.69, 9.17) is 4.42 Å². The van der Waals surface area contributed by atoms with Crippen LogP contribution < -0.4 is 5.32 Å². The highest BCUT2D eigenvalue weighted by Gasteiger charge is 2.16. The summed E-state index contributed by atoms with van der Waals surface area (Å²) >= 11 is 0. The Bertz CT molecular complexity index is 535. The molecule has 2 aromatic rings. The van der Waals surface area contributed by atoms with E-state index in [1.54, 1.807) is 31.4 Å². The van der Waals surface area contributed by atoms with E-state index in [2.05, 4.69) is 5.32 Å². The lowest BCUT2D eigenvalue weighted by atomic mass is 10.1. The van der Waals surface area contributed by atoms with E-state index >= 15 is 0 Å². The number of benzene rings is 1. The second-order valence-corrected chi connectivity index (χ2v) is 3.98. The van der Waals surface area contributed by atoms with Gasteiger partial charge in [-0.05, 0) is 25.1 Å². The van der Waals surface area contributed by atoms with Gasteiger partial charge in [0.05, 0.1) is 11.2 Å². The van der Waals surface area contributed by atoms with Gasteiger partial charge < -0.3 is 9.73 Å². The lowest BCUT2D eigenvalue weighted by molar-refractivity contribution is -0.384. The molecule has 2 rings (SSSR count). The third kappa shape index (κ3) is 2.68. The van der Waals surface area contributed by atoms with Crippen molar-refractivity contribution >= 4 is 11.4 Å². The number of furan rings is 1. The number of anilines is 1. The number of rotatable bonds is 5. The van der Waals surface area contributed by atoms with E-state index < -0.39 is 0 Å². The standard InChI is InChI=1S/C13H14N2O3/c1-10-4-2-6-12(13(10)15(16)17)14-8-7-11-5-3-9-18-11/h2-6,9,14H,7-8H2,1H3. The summed E-state index contributed by atoms with van der Waals surface area (Å²) in [6.07, 6.45) is 2.31. The number of hydrogen-bond acceptors (Lipinski definition) is 4. The summed E-state index contributed by atoms with van der Waals surface area (Å²) in [6, 6.07) is 8.96. The zero-order chi connectivity index (χ0) is 13.0. The normalized spacial score (nSPS) is 10.3. The molecule has 0 unspecified atom stereocenters. The van der Waals surface area contributed by atoms with Crippen molar-refractivity contribution in [2.24, 2.45) is 0 Å². The SMILES string of the molecule is Cc1cccc(NCCc2ccco2)c1[N+](=O)[O-]. The molecule has 5 heteroatoms. The molecule has 1 heterocycles. The van der Waals surface area contributed by atoms with Crippen molar-refractivity contribution in [3.8, 4) is 0 Å². The van der Waals surface area contributed by atoms with Crippen LogP contribution in [0.3, 0.4) is 0 Å². The van der Waals surface area contributed by atoms with Gasteiger partial charge in [-0.1, -0.05) is 12.1 Å². The molecule has 0 radical (unpaired) electrons. The third-order valence-electron chi connectivity index (χ3n) is 2.69. The molecule has 0 aliphatic carbocycles. The number of nitrogens with zero attached hydrogens (tertiary/aromatic N) is 1. The molecule has 0 saturated carbocycles. The fraction of sp³-hybridized carbons (Fsp3) is 0.231. The van der Waals surface area contributed by atoms with Gasteiger partial charge >= 0.3 is 0 Å². The molecule has 0 amide bonds. The summed E-state index contributed by atoms with van der Waals surface area (Å²) in [4.78, 5) is 10.6. The average molecular weight is 246 g/mol. The number of nitrogens with one attached hydrogen (secondary N) is 1. The molecular weight excluding hydrogens is 232 g/mol. The van der Waals surface area contributed by atoms with Gasteiger partial charge in [-0.2, -0.15) is 0 Å². The van der Waals surface area contributed by atoms with Crippen molar-refractivity contribution in [1.82, 2.24) is 0 Å². The maximum absolute atomic E-state index is 11.0. The van der Waals surface area contributed by atoms with Crippen LogP contribution in [-0.4, -0.2) is 11.5 Å². The van der Waals surface area contributed by atoms with Crippen LogP contribution in [0, 0.1) is 17.0 Å². The molecule has 0 aliphatic heterocycles. The molecule has 5 nitrogen and oxygen atoms in total. The number of nitro groups is 1. The first-order valence-electron chi connectivity index (χ1n) is 5.69. The average Bonchev–Trinajstić information content (AvgIpc) is 2.81. The first-order valence-corrected chi connectivity index (χ1v) is 5.69. The highest BCUT2D eigenvalue weighted by molar-refractivity contribution is 5.64. The molecule has 0 atom stereocenters. The van der Waals surface area contributed by atoms with Crippen molar-refractivity contribution in [2.75, 3.05) is 11.9 Å². The summed E-state index contributed by atoms with van der Waals surface area (Å²) in [7, 11) is 0. The molecule has 1 N–H and O–H groups in total. The van der Waals surface area contributed by atoms with E-state index in [1.165, 1.54) is 0 Å². The van der Waals surface area contributed by atoms with E-state index in [-0.39, 0.29) is 10.6 Å². The quantitative estimate of drug-likeness (QED) is 0.650. The number of para-hydroxylation sites is 1. The second-order valence-electron chi connectivity index (χ2n) is 3.98. The zero-order valence-corrected chi connectivity index (χ0v) is 10.1. The van der Waals surface area contributed by atoms with Crippen LogP contribution in [0.1, 0.15) is 11.3 Å². The lowest BCUT2D eigenvalue weighted by Gasteiger charge is -2.07. The van der Waals surface area contributed by atoms with Gasteiger partial charge in [-0.3, -0.25) is 10.1 Å². The molecule has 0 saturated heterocycles. The number of aryl methyl sites for hydroxylation is 1. The van der Waals surface area contributed by atoms with Gasteiger partial charge in [0.15, 0.2) is 0 Å². The van der Waals surface area contributed by atoms with Gasteiger partial charge in [0.25, 0.3) is 5.69 Å². The molecular formula is C13H14N2O3. The van der Waals surface area contributed by atoms with Crippen LogP contribution in [0.25, 0.3) is 0 Å². The van der Waals surface area contributed by atoms with E-state index in [0.29, 0.717) is 24.2 Å². The molecule has 18 heavy (non-hydrogen) atoms. The molecule has 0 bridgehead atoms. The van der Waals surface area contributed by atoms with Gasteiger partial charge in [0.2, 0.25) is 0 Å². The second kappa shape index (κ2) is 5.35. The minimum Gasteiger partial charge on any atom is -0.469 e. The van der Waals surface area contributed by atoms with Gasteiger partial charge in [0, 0.05) is 18.5 Å². The smallest absolute Gasteiger partial charge is 0.295 e. The van der Waals surface area contributed by atoms with Crippen LogP contribution in [-0.2, 0) is 6.42 Å². The van der Waals surface area contributed by atoms with Crippen molar-refractivity contribution in [3.63, 3.8) is 0 Å². The summed E-state index contributed by atoms with van der Waals surface area (Å²) in [6.45, 7) is 2.33. The highest BCUT2D eigenvalue weighted by Crippen LogP contribution is 2.27. The van der Waals surface area contributed by atoms with E-state index in [0.717, 1.165) is 5.76 Å². The van der Waals surface area contributed by atoms with Crippen molar-refractivity contribution in [3.05, 3.63) is 58.0 Å². The minimum atomic E-state index is -0.357.